The number of unbranched alkanes of at least 4 members (excludes halogenated alkanes) is 15. The molecule has 0 saturated carbocycles. The predicted octanol–water partition coefficient (Wildman–Crippen LogP) is 7.55. The molecule has 0 spiro atoms. The van der Waals surface area contributed by atoms with Gasteiger partial charge < -0.3 is 9.47 Å². The second-order valence-corrected chi connectivity index (χ2v) is 7.94. The van der Waals surface area contributed by atoms with Gasteiger partial charge in [0.05, 0.1) is 13.2 Å². The summed E-state index contributed by atoms with van der Waals surface area (Å²) in [5, 5.41) is 0. The smallest absolute Gasteiger partial charge is 0.0513 e. The van der Waals surface area contributed by atoms with Gasteiger partial charge in [0.25, 0.3) is 0 Å². The monoisotopic (exact) mass is 356 g/mol. The van der Waals surface area contributed by atoms with E-state index in [9.17, 15) is 0 Å². The Bertz CT molecular complexity index is 230. The van der Waals surface area contributed by atoms with Crippen LogP contribution in [0.5, 0.6) is 0 Å². The molecule has 0 unspecified atom stereocenters. The van der Waals surface area contributed by atoms with Gasteiger partial charge in [0, 0.05) is 19.6 Å². The molecule has 0 aliphatic heterocycles. The molecule has 0 aliphatic carbocycles. The minimum atomic E-state index is 0.519. The fraction of sp³-hybridized carbons (Fsp3) is 1.00. The molecule has 0 bridgehead atoms. The van der Waals surface area contributed by atoms with Gasteiger partial charge in [-0.3, -0.25) is 0 Å². The standard InChI is InChI=1S/C23H48O2/c1-4-5-6-7-8-9-10-11-12-13-14-15-16-17-18-19-20-25-22-23(2)21-24-3/h23H,4-22H2,1-3H3/t23-/m1/s1. The Morgan fingerprint density at radius 3 is 1.36 bits per heavy atom. The SMILES string of the molecule is CCCCCCCCCCCCCCCCCCOC[C@H](C)COC. The largest absolute Gasteiger partial charge is 0.384 e. The van der Waals surface area contributed by atoms with Gasteiger partial charge >= 0.3 is 0 Å². The van der Waals surface area contributed by atoms with Crippen LogP contribution in [0.15, 0.2) is 0 Å². The van der Waals surface area contributed by atoms with Crippen molar-refractivity contribution >= 4 is 0 Å². The summed E-state index contributed by atoms with van der Waals surface area (Å²) in [5.74, 6) is 0.519. The fourth-order valence-corrected chi connectivity index (χ4v) is 3.37. The molecule has 0 N–H and O–H groups in total. The van der Waals surface area contributed by atoms with Crippen molar-refractivity contribution in [3.63, 3.8) is 0 Å². The molecular formula is C23H48O2. The molecule has 152 valence electrons. The normalized spacial score (nSPS) is 12.6. The lowest BCUT2D eigenvalue weighted by Gasteiger charge is -2.10. The van der Waals surface area contributed by atoms with Crippen molar-refractivity contribution in [3.05, 3.63) is 0 Å². The van der Waals surface area contributed by atoms with E-state index in [0.717, 1.165) is 19.8 Å². The number of methoxy groups -OCH3 is 1. The Hall–Kier alpha value is -0.0800. The third-order valence-corrected chi connectivity index (χ3v) is 5.00. The summed E-state index contributed by atoms with van der Waals surface area (Å²) in [6.07, 6.45) is 22.7. The number of hydrogen-bond acceptors (Lipinski definition) is 2. The van der Waals surface area contributed by atoms with Crippen molar-refractivity contribution in [2.24, 2.45) is 5.92 Å². The fourth-order valence-electron chi connectivity index (χ4n) is 3.37. The van der Waals surface area contributed by atoms with Crippen LogP contribution in [0.4, 0.5) is 0 Å². The third-order valence-electron chi connectivity index (χ3n) is 5.00. The summed E-state index contributed by atoms with van der Waals surface area (Å²) in [4.78, 5) is 0. The summed E-state index contributed by atoms with van der Waals surface area (Å²) >= 11 is 0. The van der Waals surface area contributed by atoms with Gasteiger partial charge in [-0.25, -0.2) is 0 Å². The quantitative estimate of drug-likeness (QED) is 0.198. The average Bonchev–Trinajstić information content (AvgIpc) is 2.61. The lowest BCUT2D eigenvalue weighted by Crippen LogP contribution is -2.12. The van der Waals surface area contributed by atoms with Gasteiger partial charge in [0.2, 0.25) is 0 Å². The Labute approximate surface area is 159 Å². The van der Waals surface area contributed by atoms with Gasteiger partial charge in [-0.15, -0.1) is 0 Å². The van der Waals surface area contributed by atoms with Crippen LogP contribution in [0.2, 0.25) is 0 Å². The Balaban J connectivity index is 3.00. The van der Waals surface area contributed by atoms with E-state index in [-0.39, 0.29) is 0 Å². The molecule has 2 nitrogen and oxygen atoms in total. The maximum Gasteiger partial charge on any atom is 0.0513 e. The van der Waals surface area contributed by atoms with Crippen molar-refractivity contribution < 1.29 is 9.47 Å². The van der Waals surface area contributed by atoms with E-state index in [2.05, 4.69) is 13.8 Å². The zero-order valence-electron chi connectivity index (χ0n) is 17.8. The zero-order valence-corrected chi connectivity index (χ0v) is 17.8. The molecule has 0 aromatic carbocycles. The number of ether oxygens (including phenoxy) is 2. The molecule has 0 saturated heterocycles. The molecular weight excluding hydrogens is 308 g/mol. The Kier molecular flexibility index (Phi) is 21.9. The first-order valence-electron chi connectivity index (χ1n) is 11.4. The van der Waals surface area contributed by atoms with Crippen molar-refractivity contribution in [1.29, 1.82) is 0 Å². The van der Waals surface area contributed by atoms with E-state index >= 15 is 0 Å². The van der Waals surface area contributed by atoms with Crippen LogP contribution in [-0.2, 0) is 9.47 Å². The molecule has 0 aliphatic rings. The van der Waals surface area contributed by atoms with Gasteiger partial charge in [0.15, 0.2) is 0 Å². The van der Waals surface area contributed by atoms with Crippen LogP contribution in [0.3, 0.4) is 0 Å². The maximum absolute atomic E-state index is 5.69. The van der Waals surface area contributed by atoms with Crippen LogP contribution in [-0.4, -0.2) is 26.9 Å². The molecule has 0 radical (unpaired) electrons. The van der Waals surface area contributed by atoms with Crippen LogP contribution < -0.4 is 0 Å². The lowest BCUT2D eigenvalue weighted by molar-refractivity contribution is 0.0628. The van der Waals surface area contributed by atoms with E-state index < -0.39 is 0 Å². The van der Waals surface area contributed by atoms with Crippen molar-refractivity contribution in [2.45, 2.75) is 117 Å². The summed E-state index contributed by atoms with van der Waals surface area (Å²) < 4.78 is 10.8. The highest BCUT2D eigenvalue weighted by Gasteiger charge is 2.00. The highest BCUT2D eigenvalue weighted by atomic mass is 16.5. The first-order valence-corrected chi connectivity index (χ1v) is 11.4. The van der Waals surface area contributed by atoms with E-state index in [0.29, 0.717) is 5.92 Å². The van der Waals surface area contributed by atoms with Gasteiger partial charge in [-0.2, -0.15) is 0 Å². The highest BCUT2D eigenvalue weighted by molar-refractivity contribution is 4.51. The van der Waals surface area contributed by atoms with Crippen molar-refractivity contribution in [3.8, 4) is 0 Å². The molecule has 0 heterocycles. The first-order chi connectivity index (χ1) is 12.3. The maximum atomic E-state index is 5.69. The molecule has 1 atom stereocenters. The van der Waals surface area contributed by atoms with Crippen LogP contribution in [0.25, 0.3) is 0 Å². The molecule has 2 heteroatoms. The van der Waals surface area contributed by atoms with Crippen LogP contribution in [0, 0.1) is 5.92 Å². The number of rotatable bonds is 21. The number of hydrogen-bond donors (Lipinski definition) is 0. The van der Waals surface area contributed by atoms with E-state index in [1.807, 2.05) is 0 Å². The molecule has 0 aromatic rings. The van der Waals surface area contributed by atoms with Crippen molar-refractivity contribution in [2.75, 3.05) is 26.9 Å². The second-order valence-electron chi connectivity index (χ2n) is 7.94. The van der Waals surface area contributed by atoms with E-state index in [1.54, 1.807) is 7.11 Å². The molecule has 0 fully saturated rings. The predicted molar refractivity (Wildman–Crippen MR) is 111 cm³/mol. The zero-order chi connectivity index (χ0) is 18.4. The average molecular weight is 357 g/mol. The summed E-state index contributed by atoms with van der Waals surface area (Å²) in [5.41, 5.74) is 0. The molecule has 0 amide bonds. The summed E-state index contributed by atoms with van der Waals surface area (Å²) in [7, 11) is 1.76. The van der Waals surface area contributed by atoms with Gasteiger partial charge in [0.1, 0.15) is 0 Å². The van der Waals surface area contributed by atoms with Gasteiger partial charge in [-0.05, 0) is 6.42 Å². The molecule has 25 heavy (non-hydrogen) atoms. The lowest BCUT2D eigenvalue weighted by atomic mass is 10.0. The minimum absolute atomic E-state index is 0.519. The minimum Gasteiger partial charge on any atom is -0.384 e. The van der Waals surface area contributed by atoms with Crippen LogP contribution >= 0.6 is 0 Å². The summed E-state index contributed by atoms with van der Waals surface area (Å²) in [6.45, 7) is 7.04. The van der Waals surface area contributed by atoms with Gasteiger partial charge in [-0.1, -0.05) is 110 Å². The Morgan fingerprint density at radius 2 is 0.960 bits per heavy atom. The van der Waals surface area contributed by atoms with Crippen LogP contribution in [0.1, 0.15) is 117 Å². The van der Waals surface area contributed by atoms with E-state index in [1.165, 1.54) is 103 Å². The topological polar surface area (TPSA) is 18.5 Å². The second kappa shape index (κ2) is 22.0. The first kappa shape index (κ1) is 24.9. The highest BCUT2D eigenvalue weighted by Crippen LogP contribution is 2.13. The molecule has 0 rings (SSSR count). The van der Waals surface area contributed by atoms with E-state index in [4.69, 9.17) is 9.47 Å². The molecule has 0 aromatic heterocycles. The Morgan fingerprint density at radius 1 is 0.560 bits per heavy atom. The third kappa shape index (κ3) is 21.9. The van der Waals surface area contributed by atoms with Crippen molar-refractivity contribution in [1.82, 2.24) is 0 Å². The summed E-state index contributed by atoms with van der Waals surface area (Å²) in [6, 6.07) is 0.